The van der Waals surface area contributed by atoms with Gasteiger partial charge in [-0.25, -0.2) is 0 Å². The van der Waals surface area contributed by atoms with Crippen LogP contribution in [0.4, 0.5) is 0 Å². The first-order valence-corrected chi connectivity index (χ1v) is 8.63. The van der Waals surface area contributed by atoms with Crippen LogP contribution in [-0.4, -0.2) is 33.7 Å². The van der Waals surface area contributed by atoms with Crippen molar-refractivity contribution in [3.05, 3.63) is 30.1 Å². The summed E-state index contributed by atoms with van der Waals surface area (Å²) in [5.74, 6) is 6.44. The lowest BCUT2D eigenvalue weighted by atomic mass is 9.85. The molecule has 1 aromatic heterocycles. The van der Waals surface area contributed by atoms with Crippen molar-refractivity contribution in [2.24, 2.45) is 0 Å². The number of pyridine rings is 1. The fourth-order valence-corrected chi connectivity index (χ4v) is 3.70. The zero-order valence-electron chi connectivity index (χ0n) is 13.7. The Morgan fingerprint density at radius 3 is 2.78 bits per heavy atom. The lowest BCUT2D eigenvalue weighted by Crippen LogP contribution is -2.34. The Bertz CT molecular complexity index is 531. The van der Waals surface area contributed by atoms with E-state index in [1.165, 1.54) is 31.2 Å². The molecule has 1 N–H and O–H groups in total. The van der Waals surface area contributed by atoms with Crippen LogP contribution in [0, 0.1) is 11.8 Å². The standard InChI is InChI=1S/C19H26N2O.ClH/c22-19(10-3-1-4-11-19)12-7-15-21-14-5-2-9-18(21)17-8-6-13-20-16-17;/h6,8,13,16,18,22H,1-5,9-11,14-15H2;1H/t18-;/m0./s1. The van der Waals surface area contributed by atoms with Crippen LogP contribution in [-0.2, 0) is 0 Å². The molecule has 2 heterocycles. The number of aliphatic hydroxyl groups is 1. The number of piperidine rings is 1. The summed E-state index contributed by atoms with van der Waals surface area (Å²) in [6.07, 6.45) is 12.6. The monoisotopic (exact) mass is 334 g/mol. The predicted octanol–water partition coefficient (Wildman–Crippen LogP) is 3.73. The van der Waals surface area contributed by atoms with E-state index in [0.717, 1.165) is 38.8 Å². The van der Waals surface area contributed by atoms with Gasteiger partial charge in [-0.2, -0.15) is 0 Å². The zero-order valence-corrected chi connectivity index (χ0v) is 14.5. The highest BCUT2D eigenvalue weighted by Crippen LogP contribution is 2.30. The summed E-state index contributed by atoms with van der Waals surface area (Å²) in [5.41, 5.74) is 0.568. The second-order valence-electron chi connectivity index (χ2n) is 6.66. The molecule has 0 radical (unpaired) electrons. The average molecular weight is 335 g/mol. The average Bonchev–Trinajstić information content (AvgIpc) is 2.57. The second-order valence-corrected chi connectivity index (χ2v) is 6.66. The van der Waals surface area contributed by atoms with Gasteiger partial charge in [0, 0.05) is 18.4 Å². The van der Waals surface area contributed by atoms with E-state index in [0.29, 0.717) is 6.04 Å². The topological polar surface area (TPSA) is 36.4 Å². The molecule has 3 nitrogen and oxygen atoms in total. The first-order chi connectivity index (χ1) is 10.8. The minimum Gasteiger partial charge on any atom is -0.378 e. The van der Waals surface area contributed by atoms with Crippen molar-refractivity contribution in [3.63, 3.8) is 0 Å². The molecule has 1 atom stereocenters. The van der Waals surface area contributed by atoms with Crippen LogP contribution in [0.2, 0.25) is 0 Å². The third-order valence-electron chi connectivity index (χ3n) is 4.97. The molecule has 2 fully saturated rings. The van der Waals surface area contributed by atoms with E-state index >= 15 is 0 Å². The van der Waals surface area contributed by atoms with Crippen molar-refractivity contribution in [2.45, 2.75) is 63.0 Å². The van der Waals surface area contributed by atoms with E-state index in [4.69, 9.17) is 0 Å². The molecule has 3 rings (SSSR count). The van der Waals surface area contributed by atoms with E-state index in [-0.39, 0.29) is 12.4 Å². The number of rotatable bonds is 2. The summed E-state index contributed by atoms with van der Waals surface area (Å²) in [6.45, 7) is 1.84. The molecule has 1 aromatic rings. The molecule has 0 unspecified atom stereocenters. The Kier molecular flexibility index (Phi) is 6.89. The maximum absolute atomic E-state index is 10.5. The Balaban J connectivity index is 0.00000192. The summed E-state index contributed by atoms with van der Waals surface area (Å²) < 4.78 is 0. The van der Waals surface area contributed by atoms with Gasteiger partial charge in [-0.05, 0) is 56.7 Å². The Morgan fingerprint density at radius 1 is 1.22 bits per heavy atom. The van der Waals surface area contributed by atoms with Crippen molar-refractivity contribution in [1.82, 2.24) is 9.88 Å². The van der Waals surface area contributed by atoms with Crippen molar-refractivity contribution in [1.29, 1.82) is 0 Å². The molecule has 126 valence electrons. The second kappa shape index (κ2) is 8.68. The van der Waals surface area contributed by atoms with Gasteiger partial charge in [0.1, 0.15) is 5.60 Å². The highest BCUT2D eigenvalue weighted by molar-refractivity contribution is 5.85. The number of hydrogen-bond acceptors (Lipinski definition) is 3. The van der Waals surface area contributed by atoms with Gasteiger partial charge in [-0.15, -0.1) is 12.4 Å². The van der Waals surface area contributed by atoms with Crippen LogP contribution in [0.15, 0.2) is 24.5 Å². The maximum atomic E-state index is 10.5. The molecule has 0 aromatic carbocycles. The maximum Gasteiger partial charge on any atom is 0.125 e. The van der Waals surface area contributed by atoms with Crippen LogP contribution in [0.25, 0.3) is 0 Å². The van der Waals surface area contributed by atoms with Gasteiger partial charge >= 0.3 is 0 Å². The van der Waals surface area contributed by atoms with Gasteiger partial charge in [0.25, 0.3) is 0 Å². The van der Waals surface area contributed by atoms with E-state index in [9.17, 15) is 5.11 Å². The first kappa shape index (κ1) is 18.3. The summed E-state index contributed by atoms with van der Waals surface area (Å²) in [6, 6.07) is 4.61. The third kappa shape index (κ3) is 4.94. The molecule has 2 aliphatic rings. The van der Waals surface area contributed by atoms with E-state index in [1.54, 1.807) is 0 Å². The predicted molar refractivity (Wildman–Crippen MR) is 95.5 cm³/mol. The fraction of sp³-hybridized carbons (Fsp3) is 0.632. The molecule has 0 amide bonds. The lowest BCUT2D eigenvalue weighted by molar-refractivity contribution is 0.0607. The third-order valence-corrected chi connectivity index (χ3v) is 4.97. The summed E-state index contributed by atoms with van der Waals surface area (Å²) in [4.78, 5) is 6.70. The van der Waals surface area contributed by atoms with Crippen LogP contribution in [0.1, 0.15) is 63.0 Å². The SMILES string of the molecule is Cl.OC1(C#CCN2CCCC[C@H]2c2cccnc2)CCCCC1. The van der Waals surface area contributed by atoms with Gasteiger partial charge in [0.15, 0.2) is 0 Å². The highest BCUT2D eigenvalue weighted by Gasteiger charge is 2.27. The zero-order chi connectivity index (χ0) is 15.3. The van der Waals surface area contributed by atoms with Crippen LogP contribution >= 0.6 is 12.4 Å². The van der Waals surface area contributed by atoms with Crippen LogP contribution in [0.5, 0.6) is 0 Å². The molecule has 23 heavy (non-hydrogen) atoms. The summed E-state index contributed by atoms with van der Waals surface area (Å²) in [7, 11) is 0. The van der Waals surface area contributed by atoms with Gasteiger partial charge in [-0.1, -0.05) is 30.7 Å². The van der Waals surface area contributed by atoms with E-state index < -0.39 is 5.60 Å². The minimum atomic E-state index is -0.724. The largest absolute Gasteiger partial charge is 0.378 e. The van der Waals surface area contributed by atoms with E-state index in [1.807, 2.05) is 18.5 Å². The highest BCUT2D eigenvalue weighted by atomic mass is 35.5. The van der Waals surface area contributed by atoms with Crippen molar-refractivity contribution in [2.75, 3.05) is 13.1 Å². The first-order valence-electron chi connectivity index (χ1n) is 8.63. The molecule has 4 heteroatoms. The number of aromatic nitrogens is 1. The number of likely N-dealkylation sites (tertiary alicyclic amines) is 1. The van der Waals surface area contributed by atoms with Crippen molar-refractivity contribution < 1.29 is 5.11 Å². The van der Waals surface area contributed by atoms with E-state index in [2.05, 4.69) is 27.8 Å². The van der Waals surface area contributed by atoms with Crippen LogP contribution in [0.3, 0.4) is 0 Å². The summed E-state index contributed by atoms with van der Waals surface area (Å²) >= 11 is 0. The summed E-state index contributed by atoms with van der Waals surface area (Å²) in [5, 5.41) is 10.5. The smallest absolute Gasteiger partial charge is 0.125 e. The minimum absolute atomic E-state index is 0. The molecule has 0 bridgehead atoms. The molecule has 1 aliphatic heterocycles. The van der Waals surface area contributed by atoms with Gasteiger partial charge < -0.3 is 5.11 Å². The number of hydrogen-bond donors (Lipinski definition) is 1. The molecule has 1 aliphatic carbocycles. The molecule has 1 saturated heterocycles. The van der Waals surface area contributed by atoms with Gasteiger partial charge in [-0.3, -0.25) is 9.88 Å². The van der Waals surface area contributed by atoms with Crippen molar-refractivity contribution in [3.8, 4) is 11.8 Å². The molecule has 0 spiro atoms. The Morgan fingerprint density at radius 2 is 2.04 bits per heavy atom. The number of halogens is 1. The molecular weight excluding hydrogens is 308 g/mol. The Hall–Kier alpha value is -1.08. The van der Waals surface area contributed by atoms with Crippen LogP contribution < -0.4 is 0 Å². The molecular formula is C19H27ClN2O. The Labute approximate surface area is 145 Å². The fourth-order valence-electron chi connectivity index (χ4n) is 3.70. The number of nitrogens with zero attached hydrogens (tertiary/aromatic N) is 2. The normalized spacial score (nSPS) is 24.1. The lowest BCUT2D eigenvalue weighted by Gasteiger charge is -2.34. The van der Waals surface area contributed by atoms with Gasteiger partial charge in [0.2, 0.25) is 0 Å². The molecule has 1 saturated carbocycles. The quantitative estimate of drug-likeness (QED) is 0.837. The van der Waals surface area contributed by atoms with Crippen molar-refractivity contribution >= 4 is 12.4 Å². The van der Waals surface area contributed by atoms with Gasteiger partial charge in [0.05, 0.1) is 6.54 Å².